The molecule has 3 atom stereocenters. The molecule has 0 saturated heterocycles. The van der Waals surface area contributed by atoms with Gasteiger partial charge in [0.1, 0.15) is 0 Å². The monoisotopic (exact) mass is 294 g/mol. The van der Waals surface area contributed by atoms with Crippen molar-refractivity contribution in [1.29, 1.82) is 5.26 Å². The maximum Gasteiger partial charge on any atom is 0.307 e. The number of nitriles is 1. The minimum atomic E-state index is -0.867. The second-order valence-corrected chi connectivity index (χ2v) is 6.38. The summed E-state index contributed by atoms with van der Waals surface area (Å²) in [7, 11) is 0. The predicted molar refractivity (Wildman–Crippen MR) is 79.3 cm³/mol. The molecular weight excluding hydrogens is 268 g/mol. The lowest BCUT2D eigenvalue weighted by Crippen LogP contribution is -2.41. The molecule has 0 aromatic heterocycles. The Morgan fingerprint density at radius 2 is 1.95 bits per heavy atom. The van der Waals surface area contributed by atoms with Crippen LogP contribution in [0.5, 0.6) is 0 Å². The topological polar surface area (TPSA) is 81.4 Å². The van der Waals surface area contributed by atoms with E-state index in [0.717, 1.165) is 6.42 Å². The van der Waals surface area contributed by atoms with E-state index >= 15 is 0 Å². The summed E-state index contributed by atoms with van der Waals surface area (Å²) in [4.78, 5) is 25.8. The molecule has 118 valence electrons. The van der Waals surface area contributed by atoms with Gasteiger partial charge < -0.3 is 10.0 Å². The molecular formula is C16H26N2O3. The molecule has 0 bridgehead atoms. The normalized spacial score (nSPS) is 24.8. The van der Waals surface area contributed by atoms with Gasteiger partial charge in [0, 0.05) is 13.1 Å². The van der Waals surface area contributed by atoms with Crippen LogP contribution < -0.4 is 0 Å². The third-order valence-corrected chi connectivity index (χ3v) is 4.26. The van der Waals surface area contributed by atoms with Gasteiger partial charge in [0.2, 0.25) is 5.91 Å². The number of hydrogen-bond acceptors (Lipinski definition) is 3. The maximum absolute atomic E-state index is 12.7. The van der Waals surface area contributed by atoms with Crippen molar-refractivity contribution in [1.82, 2.24) is 4.90 Å². The third kappa shape index (κ3) is 4.73. The molecule has 0 heterocycles. The molecule has 0 aromatic rings. The molecule has 1 amide bonds. The summed E-state index contributed by atoms with van der Waals surface area (Å²) in [6.45, 7) is 7.06. The van der Waals surface area contributed by atoms with Crippen LogP contribution in [-0.4, -0.2) is 35.0 Å². The molecule has 5 heteroatoms. The van der Waals surface area contributed by atoms with Gasteiger partial charge in [-0.1, -0.05) is 27.2 Å². The van der Waals surface area contributed by atoms with E-state index in [1.54, 1.807) is 4.90 Å². The Kier molecular flexibility index (Phi) is 6.67. The van der Waals surface area contributed by atoms with Gasteiger partial charge in [-0.05, 0) is 24.7 Å². The number of rotatable bonds is 7. The lowest BCUT2D eigenvalue weighted by molar-refractivity contribution is -0.149. The molecule has 1 aliphatic carbocycles. The highest BCUT2D eigenvalue weighted by molar-refractivity contribution is 5.85. The number of carbonyl (C=O) groups excluding carboxylic acids is 1. The Morgan fingerprint density at radius 3 is 2.43 bits per heavy atom. The highest BCUT2D eigenvalue weighted by atomic mass is 16.4. The van der Waals surface area contributed by atoms with E-state index in [1.165, 1.54) is 0 Å². The first-order chi connectivity index (χ1) is 9.90. The summed E-state index contributed by atoms with van der Waals surface area (Å²) in [5, 5.41) is 18.1. The molecule has 0 radical (unpaired) electrons. The fraction of sp³-hybridized carbons (Fsp3) is 0.812. The summed E-state index contributed by atoms with van der Waals surface area (Å²) in [6, 6.07) is 2.06. The summed E-state index contributed by atoms with van der Waals surface area (Å²) in [5.74, 6) is -1.32. The highest BCUT2D eigenvalue weighted by Crippen LogP contribution is 2.39. The Morgan fingerprint density at radius 1 is 1.33 bits per heavy atom. The van der Waals surface area contributed by atoms with E-state index in [0.29, 0.717) is 44.2 Å². The molecule has 0 aromatic carbocycles. The average molecular weight is 294 g/mol. The number of amides is 1. The zero-order valence-corrected chi connectivity index (χ0v) is 13.2. The van der Waals surface area contributed by atoms with Crippen molar-refractivity contribution in [3.63, 3.8) is 0 Å². The molecule has 5 nitrogen and oxygen atoms in total. The summed E-state index contributed by atoms with van der Waals surface area (Å²) >= 11 is 0. The zero-order valence-electron chi connectivity index (χ0n) is 13.2. The first kappa shape index (κ1) is 17.5. The van der Waals surface area contributed by atoms with Crippen molar-refractivity contribution in [2.24, 2.45) is 23.7 Å². The van der Waals surface area contributed by atoms with Crippen LogP contribution in [0, 0.1) is 35.0 Å². The van der Waals surface area contributed by atoms with Crippen molar-refractivity contribution < 1.29 is 14.7 Å². The fourth-order valence-corrected chi connectivity index (χ4v) is 3.17. The lowest BCUT2D eigenvalue weighted by Gasteiger charge is -2.28. The maximum atomic E-state index is 12.7. The van der Waals surface area contributed by atoms with Crippen LogP contribution >= 0.6 is 0 Å². The van der Waals surface area contributed by atoms with Crippen molar-refractivity contribution in [3.8, 4) is 6.07 Å². The van der Waals surface area contributed by atoms with Crippen LogP contribution in [0.2, 0.25) is 0 Å². The second kappa shape index (κ2) is 8.02. The number of aliphatic carboxylic acids is 1. The average Bonchev–Trinajstić information content (AvgIpc) is 2.86. The van der Waals surface area contributed by atoms with E-state index in [-0.39, 0.29) is 5.91 Å². The Labute approximate surface area is 126 Å². The van der Waals surface area contributed by atoms with Crippen LogP contribution in [0.25, 0.3) is 0 Å². The van der Waals surface area contributed by atoms with E-state index < -0.39 is 17.8 Å². The highest BCUT2D eigenvalue weighted by Gasteiger charge is 2.43. The summed E-state index contributed by atoms with van der Waals surface area (Å²) in [6.07, 6.45) is 2.46. The van der Waals surface area contributed by atoms with Gasteiger partial charge in [-0.15, -0.1) is 0 Å². The zero-order chi connectivity index (χ0) is 16.0. The molecule has 0 spiro atoms. The minimum Gasteiger partial charge on any atom is -0.481 e. The Hall–Kier alpha value is -1.57. The fourth-order valence-electron chi connectivity index (χ4n) is 3.17. The Bertz CT molecular complexity index is 414. The van der Waals surface area contributed by atoms with Gasteiger partial charge in [-0.2, -0.15) is 5.26 Å². The number of hydrogen-bond donors (Lipinski definition) is 1. The van der Waals surface area contributed by atoms with Crippen LogP contribution in [0.4, 0.5) is 0 Å². The minimum absolute atomic E-state index is 0.0812. The van der Waals surface area contributed by atoms with Gasteiger partial charge in [-0.3, -0.25) is 9.59 Å². The molecule has 1 saturated carbocycles. The second-order valence-electron chi connectivity index (χ2n) is 6.38. The van der Waals surface area contributed by atoms with Crippen molar-refractivity contribution >= 4 is 11.9 Å². The third-order valence-electron chi connectivity index (χ3n) is 4.26. The van der Waals surface area contributed by atoms with Crippen LogP contribution in [0.1, 0.15) is 46.5 Å². The van der Waals surface area contributed by atoms with Gasteiger partial charge in [-0.25, -0.2) is 0 Å². The van der Waals surface area contributed by atoms with Gasteiger partial charge in [0.25, 0.3) is 0 Å². The van der Waals surface area contributed by atoms with E-state index in [1.807, 2.05) is 20.8 Å². The van der Waals surface area contributed by atoms with Crippen molar-refractivity contribution in [3.05, 3.63) is 0 Å². The predicted octanol–water partition coefficient (Wildman–Crippen LogP) is 2.52. The van der Waals surface area contributed by atoms with E-state index in [2.05, 4.69) is 6.07 Å². The molecule has 0 aliphatic heterocycles. The first-order valence-corrected chi connectivity index (χ1v) is 7.79. The number of carboxylic acid groups (broad SMARTS) is 1. The number of carbonyl (C=O) groups is 2. The molecule has 21 heavy (non-hydrogen) atoms. The molecule has 1 N–H and O–H groups in total. The van der Waals surface area contributed by atoms with E-state index in [9.17, 15) is 14.7 Å². The van der Waals surface area contributed by atoms with Crippen LogP contribution in [0.3, 0.4) is 0 Å². The molecule has 1 rings (SSSR count). The van der Waals surface area contributed by atoms with Crippen molar-refractivity contribution in [2.75, 3.05) is 13.1 Å². The smallest absolute Gasteiger partial charge is 0.307 e. The van der Waals surface area contributed by atoms with Crippen LogP contribution in [-0.2, 0) is 9.59 Å². The summed E-state index contributed by atoms with van der Waals surface area (Å²) < 4.78 is 0. The van der Waals surface area contributed by atoms with Gasteiger partial charge in [0.05, 0.1) is 24.3 Å². The molecule has 1 unspecified atom stereocenters. The molecule has 1 fully saturated rings. The largest absolute Gasteiger partial charge is 0.481 e. The Balaban J connectivity index is 2.84. The standard InChI is InChI=1S/C16H26N2O3/c1-4-12-8-13(14(9-12)16(20)21)15(19)18(7-5-6-17)10-11(2)3/h11-14H,4-5,7-10H2,1-3H3,(H,20,21)/t12?,13-,14+/m0/s1. The first-order valence-electron chi connectivity index (χ1n) is 7.79. The van der Waals surface area contributed by atoms with E-state index in [4.69, 9.17) is 5.26 Å². The van der Waals surface area contributed by atoms with Crippen molar-refractivity contribution in [2.45, 2.75) is 46.5 Å². The lowest BCUT2D eigenvalue weighted by atomic mass is 9.94. The van der Waals surface area contributed by atoms with Gasteiger partial charge >= 0.3 is 5.97 Å². The number of nitrogens with zero attached hydrogens (tertiary/aromatic N) is 2. The van der Waals surface area contributed by atoms with Crippen LogP contribution in [0.15, 0.2) is 0 Å². The SMILES string of the molecule is CCC1C[C@H](C(=O)N(CCC#N)CC(C)C)[C@H](C(=O)O)C1. The number of carboxylic acids is 1. The molecule has 1 aliphatic rings. The summed E-state index contributed by atoms with van der Waals surface area (Å²) in [5.41, 5.74) is 0. The quantitative estimate of drug-likeness (QED) is 0.782. The van der Waals surface area contributed by atoms with Gasteiger partial charge in [0.15, 0.2) is 0 Å².